The first-order valence-electron chi connectivity index (χ1n) is 8.72. The Balaban J connectivity index is 3.62. The topological polar surface area (TPSA) is 56.2 Å². The largest absolute Gasteiger partial charge is 0.364 e. The lowest BCUT2D eigenvalue weighted by Gasteiger charge is -2.34. The van der Waals surface area contributed by atoms with E-state index in [4.69, 9.17) is 0 Å². The maximum Gasteiger partial charge on any atom is 0.284 e. The average Bonchev–Trinajstić information content (AvgIpc) is 2.51. The van der Waals surface area contributed by atoms with Gasteiger partial charge in [-0.15, -0.1) is 4.40 Å². The summed E-state index contributed by atoms with van der Waals surface area (Å²) in [6.07, 6.45) is 1.82. The van der Waals surface area contributed by atoms with E-state index in [9.17, 15) is 8.42 Å². The van der Waals surface area contributed by atoms with Crippen molar-refractivity contribution in [1.82, 2.24) is 14.7 Å². The molecule has 0 heterocycles. The molecule has 0 unspecified atom stereocenters. The summed E-state index contributed by atoms with van der Waals surface area (Å²) in [4.78, 5) is 6.06. The lowest BCUT2D eigenvalue weighted by atomic mass is 10.2. The van der Waals surface area contributed by atoms with Gasteiger partial charge in [-0.25, -0.2) is 0 Å². The highest BCUT2D eigenvalue weighted by molar-refractivity contribution is 7.90. The summed E-state index contributed by atoms with van der Waals surface area (Å²) in [6.45, 7) is 8.12. The molecule has 1 rings (SSSR count). The number of nitrogens with zero attached hydrogens (tertiary/aromatic N) is 4. The second kappa shape index (κ2) is 9.07. The summed E-state index contributed by atoms with van der Waals surface area (Å²) >= 11 is 0. The van der Waals surface area contributed by atoms with Crippen LogP contribution < -0.4 is 0 Å². The highest BCUT2D eigenvalue weighted by atomic mass is 32.2. The average molecular weight is 381 g/mol. The molecular weight excluding hydrogens is 348 g/mol. The monoisotopic (exact) mass is 380 g/mol. The first-order chi connectivity index (χ1) is 12.0. The van der Waals surface area contributed by atoms with Gasteiger partial charge in [-0.05, 0) is 39.8 Å². The highest BCUT2D eigenvalue weighted by Gasteiger charge is 2.22. The van der Waals surface area contributed by atoms with Gasteiger partial charge in [0.25, 0.3) is 10.0 Å². The molecule has 0 spiro atoms. The summed E-state index contributed by atoms with van der Waals surface area (Å²) < 4.78 is 29.9. The predicted octanol–water partition coefficient (Wildman–Crippen LogP) is 2.86. The van der Waals surface area contributed by atoms with Crippen LogP contribution in [0.4, 0.5) is 0 Å². The van der Waals surface area contributed by atoms with Gasteiger partial charge in [0, 0.05) is 46.4 Å². The van der Waals surface area contributed by atoms with Crippen molar-refractivity contribution < 1.29 is 8.42 Å². The molecule has 26 heavy (non-hydrogen) atoms. The Kier molecular flexibility index (Phi) is 7.68. The van der Waals surface area contributed by atoms with Crippen molar-refractivity contribution in [3.05, 3.63) is 42.2 Å². The minimum atomic E-state index is -3.80. The highest BCUT2D eigenvalue weighted by Crippen LogP contribution is 2.17. The van der Waals surface area contributed by atoms with Gasteiger partial charge in [-0.2, -0.15) is 8.42 Å². The molecule has 0 amide bonds. The van der Waals surface area contributed by atoms with Crippen molar-refractivity contribution in [2.75, 3.05) is 28.2 Å². The van der Waals surface area contributed by atoms with Crippen LogP contribution in [0.2, 0.25) is 0 Å². The molecule has 7 heteroatoms. The van der Waals surface area contributed by atoms with Crippen molar-refractivity contribution in [3.8, 4) is 0 Å². The van der Waals surface area contributed by atoms with Crippen molar-refractivity contribution in [2.24, 2.45) is 4.40 Å². The van der Waals surface area contributed by atoms with Crippen LogP contribution in [0.5, 0.6) is 0 Å². The smallest absolute Gasteiger partial charge is 0.284 e. The first-order valence-corrected chi connectivity index (χ1v) is 10.2. The van der Waals surface area contributed by atoms with E-state index in [0.29, 0.717) is 5.84 Å². The van der Waals surface area contributed by atoms with Crippen LogP contribution >= 0.6 is 0 Å². The van der Waals surface area contributed by atoms with E-state index in [1.807, 2.05) is 76.7 Å². The van der Waals surface area contributed by atoms with Gasteiger partial charge in [-0.3, -0.25) is 0 Å². The number of sulfonamides is 1. The third-order valence-corrected chi connectivity index (χ3v) is 5.10. The molecule has 0 N–H and O–H groups in total. The first kappa shape index (κ1) is 22.0. The molecule has 6 nitrogen and oxygen atoms in total. The fraction of sp³-hybridized carbons (Fsp3) is 0.526. The fourth-order valence-electron chi connectivity index (χ4n) is 2.82. The van der Waals surface area contributed by atoms with Crippen LogP contribution in [0, 0.1) is 0 Å². The Hall–Kier alpha value is -2.02. The molecule has 146 valence electrons. The molecule has 0 saturated heterocycles. The van der Waals surface area contributed by atoms with Crippen molar-refractivity contribution >= 4 is 15.9 Å². The molecule has 0 saturated carbocycles. The second-order valence-electron chi connectivity index (χ2n) is 7.12. The molecule has 0 radical (unpaired) electrons. The van der Waals surface area contributed by atoms with Crippen molar-refractivity contribution in [3.63, 3.8) is 0 Å². The third kappa shape index (κ3) is 5.76. The van der Waals surface area contributed by atoms with Crippen LogP contribution in [0.25, 0.3) is 0 Å². The molecule has 0 aliphatic carbocycles. The lowest BCUT2D eigenvalue weighted by molar-refractivity contribution is 0.291. The van der Waals surface area contributed by atoms with Gasteiger partial charge in [0.05, 0.1) is 4.90 Å². The van der Waals surface area contributed by atoms with Gasteiger partial charge in [0.15, 0.2) is 0 Å². The van der Waals surface area contributed by atoms with Gasteiger partial charge < -0.3 is 14.7 Å². The third-order valence-electron chi connectivity index (χ3n) is 3.81. The summed E-state index contributed by atoms with van der Waals surface area (Å²) in [5.74, 6) is 1.29. The molecule has 0 fully saturated rings. The number of amidine groups is 1. The number of benzene rings is 1. The van der Waals surface area contributed by atoms with Gasteiger partial charge in [-0.1, -0.05) is 18.2 Å². The number of hydrogen-bond acceptors (Lipinski definition) is 4. The van der Waals surface area contributed by atoms with E-state index in [2.05, 4.69) is 4.40 Å². The van der Waals surface area contributed by atoms with Crippen LogP contribution in [-0.2, 0) is 10.0 Å². The zero-order valence-corrected chi connectivity index (χ0v) is 17.9. The van der Waals surface area contributed by atoms with E-state index in [1.165, 1.54) is 0 Å². The Bertz CT molecular complexity index is 718. The molecule has 0 aliphatic rings. The predicted molar refractivity (Wildman–Crippen MR) is 109 cm³/mol. The van der Waals surface area contributed by atoms with Crippen LogP contribution in [0.1, 0.15) is 27.7 Å². The van der Waals surface area contributed by atoms with Crippen LogP contribution in [0.3, 0.4) is 0 Å². The molecule has 1 aromatic carbocycles. The van der Waals surface area contributed by atoms with E-state index in [-0.39, 0.29) is 17.0 Å². The van der Waals surface area contributed by atoms with Crippen LogP contribution in [0.15, 0.2) is 51.5 Å². The zero-order chi connectivity index (χ0) is 20.1. The molecule has 1 aromatic rings. The summed E-state index contributed by atoms with van der Waals surface area (Å²) in [7, 11) is 3.88. The Morgan fingerprint density at radius 3 is 1.77 bits per heavy atom. The van der Waals surface area contributed by atoms with Gasteiger partial charge in [0.2, 0.25) is 0 Å². The van der Waals surface area contributed by atoms with Crippen molar-refractivity contribution in [1.29, 1.82) is 0 Å². The summed E-state index contributed by atoms with van der Waals surface area (Å²) in [5.41, 5.74) is 0. The minimum absolute atomic E-state index is 0.0987. The SMILES string of the molecule is CC(C)N(/C(C=C(N(C)C)N(C)C)=N\S(=O)(=O)c1ccccc1)C(C)C. The minimum Gasteiger partial charge on any atom is -0.364 e. The molecule has 0 aromatic heterocycles. The number of hydrogen-bond donors (Lipinski definition) is 0. The maximum absolute atomic E-state index is 12.8. The van der Waals surface area contributed by atoms with Crippen molar-refractivity contribution in [2.45, 2.75) is 44.7 Å². The van der Waals surface area contributed by atoms with E-state index in [0.717, 1.165) is 5.82 Å². The van der Waals surface area contributed by atoms with Gasteiger partial charge >= 0.3 is 0 Å². The zero-order valence-electron chi connectivity index (χ0n) is 17.1. The summed E-state index contributed by atoms with van der Waals surface area (Å²) in [6, 6.07) is 8.51. The summed E-state index contributed by atoms with van der Waals surface area (Å²) in [5, 5.41) is 0. The maximum atomic E-state index is 12.8. The van der Waals surface area contributed by atoms with Gasteiger partial charge in [0.1, 0.15) is 11.7 Å². The Labute approximate surface area is 158 Å². The molecule has 0 bridgehead atoms. The quantitative estimate of drug-likeness (QED) is 0.538. The Morgan fingerprint density at radius 1 is 0.923 bits per heavy atom. The standard InChI is InChI=1S/C19H32N4O2S/c1-15(2)23(16(3)4)18(14-19(21(5)6)22(7)8)20-26(24,25)17-12-10-9-11-13-17/h9-16H,1-8H3/b20-18-. The normalized spacial score (nSPS) is 12.3. The van der Waals surface area contributed by atoms with Crippen LogP contribution in [-0.4, -0.2) is 69.2 Å². The van der Waals surface area contributed by atoms with E-state index >= 15 is 0 Å². The van der Waals surface area contributed by atoms with E-state index in [1.54, 1.807) is 30.3 Å². The molecule has 0 aliphatic heterocycles. The molecular formula is C19H32N4O2S. The van der Waals surface area contributed by atoms with E-state index < -0.39 is 10.0 Å². The lowest BCUT2D eigenvalue weighted by Crippen LogP contribution is -2.42. The Morgan fingerprint density at radius 2 is 1.38 bits per heavy atom. The fourth-order valence-corrected chi connectivity index (χ4v) is 3.82. The number of rotatable bonds is 7. The molecule has 0 atom stereocenters. The second-order valence-corrected chi connectivity index (χ2v) is 8.73.